The van der Waals surface area contributed by atoms with E-state index in [-0.39, 0.29) is 0 Å². The summed E-state index contributed by atoms with van der Waals surface area (Å²) in [7, 11) is 0. The maximum atomic E-state index is 3.66. The van der Waals surface area contributed by atoms with Gasteiger partial charge in [-0.3, -0.25) is 0 Å². The van der Waals surface area contributed by atoms with Crippen LogP contribution in [0, 0.1) is 13.3 Å². The van der Waals surface area contributed by atoms with E-state index in [1.165, 1.54) is 11.1 Å². The molecule has 0 amide bonds. The minimum Gasteiger partial charge on any atom is -0.103 e. The van der Waals surface area contributed by atoms with Crippen LogP contribution in [0.25, 0.3) is 0 Å². The van der Waals surface area contributed by atoms with E-state index < -0.39 is 0 Å². The zero-order valence-corrected chi connectivity index (χ0v) is 6.88. The fourth-order valence-electron chi connectivity index (χ4n) is 0.922. The van der Waals surface area contributed by atoms with Crippen molar-refractivity contribution in [3.63, 3.8) is 0 Å². The van der Waals surface area contributed by atoms with E-state index in [9.17, 15) is 0 Å². The van der Waals surface area contributed by atoms with E-state index in [1.54, 1.807) is 0 Å². The lowest BCUT2D eigenvalue weighted by Gasteiger charge is -1.97. The Kier molecular flexibility index (Phi) is 2.91. The molecule has 0 aliphatic rings. The summed E-state index contributed by atoms with van der Waals surface area (Å²) in [5, 5.41) is 0. The lowest BCUT2D eigenvalue weighted by molar-refractivity contribution is 1.24. The van der Waals surface area contributed by atoms with E-state index in [0.29, 0.717) is 0 Å². The third-order valence-electron chi connectivity index (χ3n) is 1.60. The Labute approximate surface area is 68.6 Å². The number of allylic oxidation sites excluding steroid dienone is 1. The Morgan fingerprint density at radius 3 is 2.45 bits per heavy atom. The lowest BCUT2D eigenvalue weighted by Crippen LogP contribution is -1.79. The third kappa shape index (κ3) is 2.58. The summed E-state index contributed by atoms with van der Waals surface area (Å²) in [4.78, 5) is 0. The van der Waals surface area contributed by atoms with Crippen LogP contribution in [0.15, 0.2) is 36.9 Å². The van der Waals surface area contributed by atoms with Gasteiger partial charge in [0.25, 0.3) is 0 Å². The predicted octanol–water partition coefficient (Wildman–Crippen LogP) is 3.12. The molecule has 0 aromatic heterocycles. The molecule has 1 aromatic rings. The smallest absolute Gasteiger partial charge is 0.00557 e. The van der Waals surface area contributed by atoms with Crippen molar-refractivity contribution in [3.05, 3.63) is 54.5 Å². The minimum absolute atomic E-state index is 0.947. The second-order valence-electron chi connectivity index (χ2n) is 2.64. The molecular weight excluding hydrogens is 132 g/mol. The first kappa shape index (κ1) is 8.06. The van der Waals surface area contributed by atoms with Gasteiger partial charge in [0.2, 0.25) is 0 Å². The van der Waals surface area contributed by atoms with E-state index in [2.05, 4.69) is 44.2 Å². The van der Waals surface area contributed by atoms with Gasteiger partial charge in [-0.1, -0.05) is 35.9 Å². The molecule has 0 bridgehead atoms. The number of aryl methyl sites for hydroxylation is 1. The van der Waals surface area contributed by atoms with Gasteiger partial charge in [-0.05, 0) is 25.3 Å². The first-order valence-corrected chi connectivity index (χ1v) is 3.83. The van der Waals surface area contributed by atoms with Crippen LogP contribution in [-0.4, -0.2) is 0 Å². The Balaban J connectivity index is 2.58. The molecule has 0 unspecified atom stereocenters. The van der Waals surface area contributed by atoms with Gasteiger partial charge >= 0.3 is 0 Å². The molecule has 1 rings (SSSR count). The topological polar surface area (TPSA) is 0 Å². The largest absolute Gasteiger partial charge is 0.103 e. The lowest BCUT2D eigenvalue weighted by atomic mass is 10.1. The van der Waals surface area contributed by atoms with Crippen LogP contribution in [-0.2, 0) is 0 Å². The first-order valence-electron chi connectivity index (χ1n) is 3.83. The van der Waals surface area contributed by atoms with Crippen LogP contribution in [0.3, 0.4) is 0 Å². The Hall–Kier alpha value is -1.04. The van der Waals surface area contributed by atoms with Gasteiger partial charge in [0.05, 0.1) is 0 Å². The van der Waals surface area contributed by atoms with Gasteiger partial charge in [0.15, 0.2) is 0 Å². The summed E-state index contributed by atoms with van der Waals surface area (Å²) in [6, 6.07) is 8.49. The van der Waals surface area contributed by atoms with Crippen LogP contribution in [0.4, 0.5) is 0 Å². The molecule has 0 fully saturated rings. The fourth-order valence-corrected chi connectivity index (χ4v) is 0.922. The van der Waals surface area contributed by atoms with Crippen molar-refractivity contribution in [1.29, 1.82) is 0 Å². The molecular formula is C11H13. The average Bonchev–Trinajstić information content (AvgIpc) is 2.04. The van der Waals surface area contributed by atoms with Crippen LogP contribution in [0.2, 0.25) is 0 Å². The summed E-state index contributed by atoms with van der Waals surface area (Å²) in [6.07, 6.45) is 5.01. The number of hydrogen-bond donors (Lipinski definition) is 0. The summed E-state index contributed by atoms with van der Waals surface area (Å²) < 4.78 is 0. The molecule has 0 spiro atoms. The number of benzene rings is 1. The molecule has 1 radical (unpaired) electrons. The molecule has 1 aromatic carbocycles. The van der Waals surface area contributed by atoms with E-state index in [4.69, 9.17) is 0 Å². The zero-order valence-electron chi connectivity index (χ0n) is 6.88. The van der Waals surface area contributed by atoms with E-state index >= 15 is 0 Å². The highest BCUT2D eigenvalue weighted by molar-refractivity contribution is 5.27. The summed E-state index contributed by atoms with van der Waals surface area (Å²) in [6.45, 7) is 5.76. The van der Waals surface area contributed by atoms with Gasteiger partial charge in [0.1, 0.15) is 0 Å². The summed E-state index contributed by atoms with van der Waals surface area (Å²) >= 11 is 0. The molecule has 11 heavy (non-hydrogen) atoms. The molecule has 0 heterocycles. The van der Waals surface area contributed by atoms with Crippen LogP contribution >= 0.6 is 0 Å². The summed E-state index contributed by atoms with van der Waals surface area (Å²) in [5.41, 5.74) is 2.58. The van der Waals surface area contributed by atoms with Crippen molar-refractivity contribution in [2.24, 2.45) is 0 Å². The highest BCUT2D eigenvalue weighted by atomic mass is 13.9. The van der Waals surface area contributed by atoms with E-state index in [0.717, 1.165) is 6.42 Å². The predicted molar refractivity (Wildman–Crippen MR) is 49.4 cm³/mol. The molecule has 0 aliphatic carbocycles. The second kappa shape index (κ2) is 3.97. The maximum absolute atomic E-state index is 3.66. The van der Waals surface area contributed by atoms with Crippen molar-refractivity contribution in [2.45, 2.75) is 13.3 Å². The second-order valence-corrected chi connectivity index (χ2v) is 2.64. The molecule has 0 aliphatic heterocycles. The van der Waals surface area contributed by atoms with Crippen molar-refractivity contribution >= 4 is 0 Å². The number of hydrogen-bond acceptors (Lipinski definition) is 0. The third-order valence-corrected chi connectivity index (χ3v) is 1.60. The van der Waals surface area contributed by atoms with Crippen LogP contribution in [0.5, 0.6) is 0 Å². The van der Waals surface area contributed by atoms with Gasteiger partial charge in [-0.2, -0.15) is 0 Å². The highest BCUT2D eigenvalue weighted by Crippen LogP contribution is 2.07. The van der Waals surface area contributed by atoms with Gasteiger partial charge in [-0.15, -0.1) is 6.58 Å². The minimum atomic E-state index is 0.947. The van der Waals surface area contributed by atoms with Gasteiger partial charge in [-0.25, -0.2) is 0 Å². The van der Waals surface area contributed by atoms with E-state index in [1.807, 2.05) is 6.08 Å². The molecule has 0 saturated carbocycles. The normalized spacial score (nSPS) is 9.55. The monoisotopic (exact) mass is 145 g/mol. The Morgan fingerprint density at radius 2 is 1.91 bits per heavy atom. The molecule has 0 heteroatoms. The molecule has 0 atom stereocenters. The summed E-state index contributed by atoms with van der Waals surface area (Å²) in [5.74, 6) is 0. The molecule has 0 nitrogen and oxygen atoms in total. The SMILES string of the molecule is C=CC[CH]c1ccc(C)cc1. The first-order chi connectivity index (χ1) is 5.33. The maximum Gasteiger partial charge on any atom is -0.00557 e. The van der Waals surface area contributed by atoms with Crippen molar-refractivity contribution < 1.29 is 0 Å². The highest BCUT2D eigenvalue weighted by Gasteiger charge is 1.89. The quantitative estimate of drug-likeness (QED) is 0.573. The average molecular weight is 145 g/mol. The molecule has 0 saturated heterocycles. The van der Waals surface area contributed by atoms with Gasteiger partial charge in [0, 0.05) is 0 Å². The zero-order chi connectivity index (χ0) is 8.10. The molecule has 0 N–H and O–H groups in total. The van der Waals surface area contributed by atoms with Gasteiger partial charge < -0.3 is 0 Å². The molecule has 57 valence electrons. The Bertz CT molecular complexity index is 218. The Morgan fingerprint density at radius 1 is 1.27 bits per heavy atom. The fraction of sp³-hybridized carbons (Fsp3) is 0.182. The van der Waals surface area contributed by atoms with Crippen molar-refractivity contribution in [3.8, 4) is 0 Å². The van der Waals surface area contributed by atoms with Crippen LogP contribution in [0.1, 0.15) is 17.5 Å². The number of rotatable bonds is 3. The standard InChI is InChI=1S/C11H13/c1-3-4-5-11-8-6-10(2)7-9-11/h3,5-9H,1,4H2,2H3. The van der Waals surface area contributed by atoms with Crippen molar-refractivity contribution in [1.82, 2.24) is 0 Å². The van der Waals surface area contributed by atoms with Crippen molar-refractivity contribution in [2.75, 3.05) is 0 Å². The van der Waals surface area contributed by atoms with Crippen LogP contribution < -0.4 is 0 Å².